The van der Waals surface area contributed by atoms with Crippen LogP contribution in [0.3, 0.4) is 0 Å². The normalized spacial score (nSPS) is 12.1. The van der Waals surface area contributed by atoms with Crippen molar-refractivity contribution in [3.05, 3.63) is 29.3 Å². The summed E-state index contributed by atoms with van der Waals surface area (Å²) in [6, 6.07) is 6.61. The van der Waals surface area contributed by atoms with E-state index in [0.717, 1.165) is 36.8 Å². The Kier molecular flexibility index (Phi) is 9.86. The summed E-state index contributed by atoms with van der Waals surface area (Å²) in [6.07, 6.45) is 4.41. The monoisotopic (exact) mass is 440 g/mol. The van der Waals surface area contributed by atoms with Crippen molar-refractivity contribution in [1.82, 2.24) is 0 Å². The number of benzene rings is 1. The molecule has 1 aromatic carbocycles. The molecule has 27 heavy (non-hydrogen) atoms. The molecule has 154 valence electrons. The minimum atomic E-state index is -0.144. The fraction of sp³-hybridized carbons (Fsp3) is 0.696. The first kappa shape index (κ1) is 24.0. The molecule has 1 aromatic rings. The molecule has 0 heterocycles. The van der Waals surface area contributed by atoms with Gasteiger partial charge in [-0.25, -0.2) is 0 Å². The molecule has 0 aliphatic heterocycles. The maximum Gasteiger partial charge on any atom is 0.305 e. The summed E-state index contributed by atoms with van der Waals surface area (Å²) < 4.78 is 11.4. The molecule has 0 bridgehead atoms. The number of esters is 1. The highest BCUT2D eigenvalue weighted by Gasteiger charge is 2.26. The van der Waals surface area contributed by atoms with Gasteiger partial charge in [0.2, 0.25) is 0 Å². The third kappa shape index (κ3) is 7.48. The summed E-state index contributed by atoms with van der Waals surface area (Å²) in [7, 11) is 0. The van der Waals surface area contributed by atoms with E-state index in [9.17, 15) is 4.79 Å². The Morgan fingerprint density at radius 3 is 2.26 bits per heavy atom. The lowest BCUT2D eigenvalue weighted by Gasteiger charge is -2.29. The van der Waals surface area contributed by atoms with E-state index in [1.165, 1.54) is 11.1 Å². The third-order valence-corrected chi connectivity index (χ3v) is 6.19. The lowest BCUT2D eigenvalue weighted by Crippen LogP contribution is -2.21. The van der Waals surface area contributed by atoms with Gasteiger partial charge in [-0.15, -0.1) is 0 Å². The molecular weight excluding hydrogens is 404 g/mol. The largest absolute Gasteiger partial charge is 0.490 e. The minimum Gasteiger partial charge on any atom is -0.490 e. The number of hydrogen-bond acceptors (Lipinski definition) is 3. The topological polar surface area (TPSA) is 35.5 Å². The Balaban J connectivity index is 2.81. The Bertz CT molecular complexity index is 593. The summed E-state index contributed by atoms with van der Waals surface area (Å²) in [5.74, 6) is 0.769. The molecule has 0 aliphatic rings. The van der Waals surface area contributed by atoms with Crippen molar-refractivity contribution >= 4 is 21.9 Å². The van der Waals surface area contributed by atoms with E-state index in [1.54, 1.807) is 0 Å². The van der Waals surface area contributed by atoms with Crippen LogP contribution in [0.25, 0.3) is 0 Å². The van der Waals surface area contributed by atoms with E-state index in [1.807, 2.05) is 0 Å². The molecule has 0 aromatic heterocycles. The third-order valence-electron chi connectivity index (χ3n) is 5.63. The molecule has 3 nitrogen and oxygen atoms in total. The molecule has 0 amide bonds. The number of rotatable bonds is 12. The minimum absolute atomic E-state index is 0.0383. The predicted octanol–water partition coefficient (Wildman–Crippen LogP) is 6.55. The number of carbonyl (C=O) groups is 1. The van der Waals surface area contributed by atoms with Crippen LogP contribution in [0.2, 0.25) is 0 Å². The zero-order chi connectivity index (χ0) is 20.5. The van der Waals surface area contributed by atoms with Crippen LogP contribution in [0.15, 0.2) is 18.2 Å². The van der Waals surface area contributed by atoms with Crippen molar-refractivity contribution < 1.29 is 14.3 Å². The number of carbonyl (C=O) groups excluding carboxylic acids is 1. The standard InChI is InChI=1S/C23H37BrO3/c1-7-22(3,4)18-12-13-19(23(5,6)8-2)20(17-18)26-15-16-27-21(25)11-9-10-14-24/h12-13,17H,7-11,14-16H2,1-6H3. The van der Waals surface area contributed by atoms with Gasteiger partial charge in [-0.2, -0.15) is 0 Å². The lowest BCUT2D eigenvalue weighted by molar-refractivity contribution is -0.144. The molecular formula is C23H37BrO3. The average molecular weight is 441 g/mol. The Morgan fingerprint density at radius 1 is 1.00 bits per heavy atom. The number of ether oxygens (including phenoxy) is 2. The van der Waals surface area contributed by atoms with E-state index >= 15 is 0 Å². The van der Waals surface area contributed by atoms with Gasteiger partial charge in [-0.3, -0.25) is 4.79 Å². The highest BCUT2D eigenvalue weighted by molar-refractivity contribution is 9.09. The van der Waals surface area contributed by atoms with Gasteiger partial charge < -0.3 is 9.47 Å². The second-order valence-corrected chi connectivity index (χ2v) is 9.19. The first-order valence-electron chi connectivity index (χ1n) is 10.2. The Hall–Kier alpha value is -1.03. The molecule has 0 radical (unpaired) electrons. The Morgan fingerprint density at radius 2 is 1.67 bits per heavy atom. The average Bonchev–Trinajstić information content (AvgIpc) is 2.65. The maximum atomic E-state index is 11.7. The fourth-order valence-corrected chi connectivity index (χ4v) is 3.16. The van der Waals surface area contributed by atoms with Crippen molar-refractivity contribution in [3.63, 3.8) is 0 Å². The first-order valence-corrected chi connectivity index (χ1v) is 11.3. The molecule has 0 unspecified atom stereocenters. The quantitative estimate of drug-likeness (QED) is 0.210. The SMILES string of the molecule is CCC(C)(C)c1ccc(C(C)(C)CC)c(OCCOC(=O)CCCCBr)c1. The smallest absolute Gasteiger partial charge is 0.305 e. The van der Waals surface area contributed by atoms with Crippen LogP contribution in [0.1, 0.15) is 84.8 Å². The second-order valence-electron chi connectivity index (χ2n) is 8.40. The molecule has 0 saturated carbocycles. The summed E-state index contributed by atoms with van der Waals surface area (Å²) in [5.41, 5.74) is 2.64. The van der Waals surface area contributed by atoms with Gasteiger partial charge >= 0.3 is 5.97 Å². The van der Waals surface area contributed by atoms with Crippen molar-refractivity contribution in [2.75, 3.05) is 18.5 Å². The molecule has 0 N–H and O–H groups in total. The molecule has 4 heteroatoms. The van der Waals surface area contributed by atoms with Crippen LogP contribution < -0.4 is 4.74 Å². The van der Waals surface area contributed by atoms with E-state index in [2.05, 4.69) is 75.7 Å². The van der Waals surface area contributed by atoms with Gasteiger partial charge in [-0.1, -0.05) is 69.6 Å². The molecule has 1 rings (SSSR count). The maximum absolute atomic E-state index is 11.7. The van der Waals surface area contributed by atoms with Crippen molar-refractivity contribution in [3.8, 4) is 5.75 Å². The Labute approximate surface area is 174 Å². The van der Waals surface area contributed by atoms with E-state index < -0.39 is 0 Å². The van der Waals surface area contributed by atoms with Crippen molar-refractivity contribution in [2.24, 2.45) is 0 Å². The van der Waals surface area contributed by atoms with Crippen molar-refractivity contribution in [1.29, 1.82) is 0 Å². The predicted molar refractivity (Wildman–Crippen MR) is 117 cm³/mol. The molecule has 0 fully saturated rings. The summed E-state index contributed by atoms with van der Waals surface area (Å²) in [4.78, 5) is 11.7. The highest BCUT2D eigenvalue weighted by Crippen LogP contribution is 2.38. The first-order chi connectivity index (χ1) is 12.7. The summed E-state index contributed by atoms with van der Waals surface area (Å²) >= 11 is 3.37. The number of halogens is 1. The van der Waals surface area contributed by atoms with Gasteiger partial charge in [0.25, 0.3) is 0 Å². The number of unbranched alkanes of at least 4 members (excludes halogenated alkanes) is 1. The molecule has 0 spiro atoms. The molecule has 0 atom stereocenters. The van der Waals surface area contributed by atoms with Gasteiger partial charge in [0.15, 0.2) is 0 Å². The summed E-state index contributed by atoms with van der Waals surface area (Å²) in [6.45, 7) is 14.1. The highest BCUT2D eigenvalue weighted by atomic mass is 79.9. The second kappa shape index (κ2) is 11.1. The van der Waals surface area contributed by atoms with Crippen LogP contribution in [-0.2, 0) is 20.4 Å². The van der Waals surface area contributed by atoms with Crippen molar-refractivity contribution in [2.45, 2.75) is 84.5 Å². The number of alkyl halides is 1. The zero-order valence-corrected chi connectivity index (χ0v) is 19.6. The van der Waals surface area contributed by atoms with Crippen LogP contribution in [0.4, 0.5) is 0 Å². The van der Waals surface area contributed by atoms with Gasteiger partial charge in [0.05, 0.1) is 0 Å². The van der Waals surface area contributed by atoms with E-state index in [-0.39, 0.29) is 16.8 Å². The van der Waals surface area contributed by atoms with Gasteiger partial charge in [-0.05, 0) is 53.7 Å². The van der Waals surface area contributed by atoms with Crippen LogP contribution in [-0.4, -0.2) is 24.5 Å². The molecule has 0 aliphatic carbocycles. The van der Waals surface area contributed by atoms with Gasteiger partial charge in [0, 0.05) is 11.8 Å². The molecule has 0 saturated heterocycles. The number of hydrogen-bond donors (Lipinski definition) is 0. The fourth-order valence-electron chi connectivity index (χ4n) is 2.76. The van der Waals surface area contributed by atoms with Crippen LogP contribution in [0.5, 0.6) is 5.75 Å². The van der Waals surface area contributed by atoms with Gasteiger partial charge in [0.1, 0.15) is 19.0 Å². The van der Waals surface area contributed by atoms with Crippen LogP contribution >= 0.6 is 15.9 Å². The summed E-state index contributed by atoms with van der Waals surface area (Å²) in [5, 5.41) is 0.920. The zero-order valence-electron chi connectivity index (χ0n) is 18.0. The van der Waals surface area contributed by atoms with Crippen LogP contribution in [0, 0.1) is 0 Å². The van der Waals surface area contributed by atoms with E-state index in [4.69, 9.17) is 9.47 Å². The lowest BCUT2D eigenvalue weighted by atomic mass is 9.77. The van der Waals surface area contributed by atoms with E-state index in [0.29, 0.717) is 19.6 Å².